The molecule has 1 amide bonds. The number of carbonyl (C=O) groups excluding carboxylic acids is 1. The first-order valence-corrected chi connectivity index (χ1v) is 10.6. The Hall–Kier alpha value is -3.52. The Morgan fingerprint density at radius 3 is 2.56 bits per heavy atom. The lowest BCUT2D eigenvalue weighted by Gasteiger charge is -2.24. The number of benzene rings is 2. The van der Waals surface area contributed by atoms with E-state index in [1.54, 1.807) is 18.2 Å². The van der Waals surface area contributed by atoms with Crippen LogP contribution in [0.1, 0.15) is 24.5 Å². The molecule has 0 saturated carbocycles. The van der Waals surface area contributed by atoms with Crippen molar-refractivity contribution >= 4 is 29.0 Å². The van der Waals surface area contributed by atoms with E-state index >= 15 is 0 Å². The molecule has 168 valence electrons. The third-order valence-electron chi connectivity index (χ3n) is 4.91. The van der Waals surface area contributed by atoms with Gasteiger partial charge in [0.25, 0.3) is 11.5 Å². The summed E-state index contributed by atoms with van der Waals surface area (Å²) < 4.78 is 6.85. The SMILES string of the molecule is CCCN(C(=O)COc1ccc(Cl)c(C)c1)c1c(N)n(Cc2ccccc2)c(=O)[nH]c1=O. The molecule has 3 rings (SSSR count). The highest BCUT2D eigenvalue weighted by Gasteiger charge is 2.24. The Balaban J connectivity index is 1.91. The van der Waals surface area contributed by atoms with Crippen LogP contribution in [0.15, 0.2) is 58.1 Å². The zero-order valence-corrected chi connectivity index (χ0v) is 18.7. The van der Waals surface area contributed by atoms with Gasteiger partial charge in [0.1, 0.15) is 11.6 Å². The van der Waals surface area contributed by atoms with Crippen molar-refractivity contribution in [3.63, 3.8) is 0 Å². The Bertz CT molecular complexity index is 1220. The molecule has 0 atom stereocenters. The topological polar surface area (TPSA) is 110 Å². The van der Waals surface area contributed by atoms with Gasteiger partial charge in [-0.1, -0.05) is 48.9 Å². The maximum absolute atomic E-state index is 13.0. The second kappa shape index (κ2) is 10.2. The summed E-state index contributed by atoms with van der Waals surface area (Å²) in [6.07, 6.45) is 0.572. The molecule has 1 heterocycles. The zero-order valence-electron chi connectivity index (χ0n) is 17.9. The minimum Gasteiger partial charge on any atom is -0.484 e. The molecule has 0 fully saturated rings. The van der Waals surface area contributed by atoms with E-state index in [0.29, 0.717) is 17.2 Å². The average molecular weight is 457 g/mol. The number of nitrogens with two attached hydrogens (primary N) is 1. The fourth-order valence-electron chi connectivity index (χ4n) is 3.28. The van der Waals surface area contributed by atoms with Gasteiger partial charge in [-0.15, -0.1) is 0 Å². The van der Waals surface area contributed by atoms with Crippen LogP contribution in [-0.2, 0) is 11.3 Å². The second-order valence-corrected chi connectivity index (χ2v) is 7.72. The van der Waals surface area contributed by atoms with Crippen molar-refractivity contribution in [3.8, 4) is 5.75 Å². The first-order valence-electron chi connectivity index (χ1n) is 10.2. The van der Waals surface area contributed by atoms with E-state index in [1.807, 2.05) is 44.2 Å². The number of nitrogens with zero attached hydrogens (tertiary/aromatic N) is 2. The average Bonchev–Trinajstić information content (AvgIpc) is 2.77. The van der Waals surface area contributed by atoms with Crippen LogP contribution in [0.2, 0.25) is 5.02 Å². The number of H-pyrrole nitrogens is 1. The van der Waals surface area contributed by atoms with Gasteiger partial charge in [0.15, 0.2) is 12.3 Å². The molecule has 32 heavy (non-hydrogen) atoms. The molecule has 0 bridgehead atoms. The molecular formula is C23H25ClN4O4. The molecule has 3 aromatic rings. The summed E-state index contributed by atoms with van der Waals surface area (Å²) in [5, 5.41) is 0.594. The lowest BCUT2D eigenvalue weighted by Crippen LogP contribution is -2.43. The number of nitrogens with one attached hydrogen (secondary N) is 1. The van der Waals surface area contributed by atoms with Crippen LogP contribution in [0, 0.1) is 6.92 Å². The molecule has 0 spiro atoms. The lowest BCUT2D eigenvalue weighted by atomic mass is 10.2. The number of aromatic nitrogens is 2. The largest absolute Gasteiger partial charge is 0.484 e. The van der Waals surface area contributed by atoms with Crippen molar-refractivity contribution < 1.29 is 9.53 Å². The Morgan fingerprint density at radius 1 is 1.19 bits per heavy atom. The van der Waals surface area contributed by atoms with Crippen molar-refractivity contribution in [1.82, 2.24) is 9.55 Å². The highest BCUT2D eigenvalue weighted by molar-refractivity contribution is 6.31. The Kier molecular flexibility index (Phi) is 7.37. The van der Waals surface area contributed by atoms with Crippen molar-refractivity contribution in [1.29, 1.82) is 0 Å². The number of nitrogen functional groups attached to an aromatic ring is 1. The van der Waals surface area contributed by atoms with Gasteiger partial charge in [-0.05, 0) is 42.7 Å². The summed E-state index contributed by atoms with van der Waals surface area (Å²) in [5.41, 5.74) is 6.45. The summed E-state index contributed by atoms with van der Waals surface area (Å²) in [7, 11) is 0. The molecule has 1 aromatic heterocycles. The summed E-state index contributed by atoms with van der Waals surface area (Å²) >= 11 is 6.02. The first kappa shape index (κ1) is 23.1. The molecule has 0 radical (unpaired) electrons. The molecule has 0 aliphatic heterocycles. The normalized spacial score (nSPS) is 10.7. The van der Waals surface area contributed by atoms with Crippen molar-refractivity contribution in [3.05, 3.63) is 85.5 Å². The van der Waals surface area contributed by atoms with Crippen molar-refractivity contribution in [2.24, 2.45) is 0 Å². The smallest absolute Gasteiger partial charge is 0.330 e. The molecule has 3 N–H and O–H groups in total. The minimum absolute atomic E-state index is 0.0664. The molecule has 0 aliphatic carbocycles. The van der Waals surface area contributed by atoms with E-state index in [4.69, 9.17) is 22.1 Å². The van der Waals surface area contributed by atoms with E-state index in [0.717, 1.165) is 11.1 Å². The van der Waals surface area contributed by atoms with Crippen LogP contribution >= 0.6 is 11.6 Å². The highest BCUT2D eigenvalue weighted by Crippen LogP contribution is 2.22. The van der Waals surface area contributed by atoms with E-state index in [-0.39, 0.29) is 31.2 Å². The Labute approximate surface area is 190 Å². The van der Waals surface area contributed by atoms with Crippen molar-refractivity contribution in [2.45, 2.75) is 26.8 Å². The lowest BCUT2D eigenvalue weighted by molar-refractivity contribution is -0.120. The minimum atomic E-state index is -0.721. The first-order chi connectivity index (χ1) is 15.3. The van der Waals surface area contributed by atoms with Crippen molar-refractivity contribution in [2.75, 3.05) is 23.8 Å². The number of ether oxygens (including phenoxy) is 1. The van der Waals surface area contributed by atoms with Crippen LogP contribution in [0.5, 0.6) is 5.75 Å². The van der Waals surface area contributed by atoms with E-state index in [2.05, 4.69) is 4.98 Å². The van der Waals surface area contributed by atoms with Crippen LogP contribution in [0.4, 0.5) is 11.5 Å². The van der Waals surface area contributed by atoms with Gasteiger partial charge < -0.3 is 15.4 Å². The highest BCUT2D eigenvalue weighted by atomic mass is 35.5. The van der Waals surface area contributed by atoms with Crippen LogP contribution in [0.25, 0.3) is 0 Å². The molecule has 0 aliphatic rings. The summed E-state index contributed by atoms with van der Waals surface area (Å²) in [5.74, 6) is -0.0547. The molecule has 2 aromatic carbocycles. The zero-order chi connectivity index (χ0) is 23.3. The van der Waals surface area contributed by atoms with Gasteiger partial charge in [-0.3, -0.25) is 19.1 Å². The predicted octanol–water partition coefficient (Wildman–Crippen LogP) is 2.95. The molecule has 8 nitrogen and oxygen atoms in total. The van der Waals surface area contributed by atoms with Gasteiger partial charge in [0, 0.05) is 11.6 Å². The number of hydrogen-bond acceptors (Lipinski definition) is 5. The number of carbonyl (C=O) groups is 1. The third kappa shape index (κ3) is 5.20. The number of aromatic amines is 1. The van der Waals surface area contributed by atoms with E-state index in [1.165, 1.54) is 9.47 Å². The van der Waals surface area contributed by atoms with Gasteiger partial charge in [-0.25, -0.2) is 4.79 Å². The number of amides is 1. The quantitative estimate of drug-likeness (QED) is 0.541. The number of hydrogen-bond donors (Lipinski definition) is 2. The predicted molar refractivity (Wildman–Crippen MR) is 126 cm³/mol. The van der Waals surface area contributed by atoms with Crippen LogP contribution in [-0.4, -0.2) is 28.6 Å². The molecule has 0 unspecified atom stereocenters. The van der Waals surface area contributed by atoms with E-state index < -0.39 is 17.2 Å². The van der Waals surface area contributed by atoms with Crippen LogP contribution in [0.3, 0.4) is 0 Å². The Morgan fingerprint density at radius 2 is 1.91 bits per heavy atom. The number of anilines is 2. The standard InChI is InChI=1S/C23H25ClN4O4/c1-3-11-27(19(29)14-32-17-9-10-18(24)15(2)12-17)20-21(25)28(23(31)26-22(20)30)13-16-7-5-4-6-8-16/h4-10,12H,3,11,13-14,25H2,1-2H3,(H,26,30,31). The third-order valence-corrected chi connectivity index (χ3v) is 5.33. The van der Waals surface area contributed by atoms with E-state index in [9.17, 15) is 14.4 Å². The van der Waals surface area contributed by atoms with Gasteiger partial charge in [-0.2, -0.15) is 0 Å². The van der Waals surface area contributed by atoms with Gasteiger partial charge in [0.2, 0.25) is 0 Å². The summed E-state index contributed by atoms with van der Waals surface area (Å²) in [4.78, 5) is 41.6. The second-order valence-electron chi connectivity index (χ2n) is 7.31. The summed E-state index contributed by atoms with van der Waals surface area (Å²) in [6.45, 7) is 3.78. The fraction of sp³-hybridized carbons (Fsp3) is 0.261. The maximum Gasteiger partial charge on any atom is 0.330 e. The molecule has 0 saturated heterocycles. The molecule has 9 heteroatoms. The summed E-state index contributed by atoms with van der Waals surface area (Å²) in [6, 6.07) is 14.3. The van der Waals surface area contributed by atoms with Gasteiger partial charge in [0.05, 0.1) is 6.54 Å². The molecular weight excluding hydrogens is 432 g/mol. The number of rotatable bonds is 8. The van der Waals surface area contributed by atoms with Crippen LogP contribution < -0.4 is 26.6 Å². The van der Waals surface area contributed by atoms with Gasteiger partial charge >= 0.3 is 5.69 Å². The monoisotopic (exact) mass is 456 g/mol. The number of halogens is 1. The number of aryl methyl sites for hydroxylation is 1. The maximum atomic E-state index is 13.0. The fourth-order valence-corrected chi connectivity index (χ4v) is 3.39.